The zero-order valence-corrected chi connectivity index (χ0v) is 20.5. The summed E-state index contributed by atoms with van der Waals surface area (Å²) in [6.45, 7) is 0. The molecule has 0 N–H and O–H groups in total. The number of hydrogen-bond donors (Lipinski definition) is 0. The molecular weight excluding hydrogens is 439 g/mol. The van der Waals surface area contributed by atoms with Gasteiger partial charge in [0.2, 0.25) is 0 Å². The number of hydrogen-bond acceptors (Lipinski definition) is 1. The summed E-state index contributed by atoms with van der Waals surface area (Å²) in [6, 6.07) is 26.3. The van der Waals surface area contributed by atoms with Crippen molar-refractivity contribution in [1.82, 2.24) is 0 Å². The van der Waals surface area contributed by atoms with Gasteiger partial charge in [-0.15, -0.1) is 0 Å². The highest BCUT2D eigenvalue weighted by molar-refractivity contribution is 7.97. The van der Waals surface area contributed by atoms with E-state index >= 15 is 4.39 Å². The maximum absolute atomic E-state index is 15.1. The summed E-state index contributed by atoms with van der Waals surface area (Å²) in [5.74, 6) is 7.55. The van der Waals surface area contributed by atoms with E-state index in [2.05, 4.69) is 60.4 Å². The lowest BCUT2D eigenvalue weighted by molar-refractivity contribution is 0.131. The third-order valence-corrected chi connectivity index (χ3v) is 9.13. The van der Waals surface area contributed by atoms with Gasteiger partial charge < -0.3 is 4.74 Å². The van der Waals surface area contributed by atoms with Crippen LogP contribution in [0.2, 0.25) is 0 Å². The predicted octanol–water partition coefficient (Wildman–Crippen LogP) is 8.20. The monoisotopic (exact) mass is 471 g/mol. The van der Waals surface area contributed by atoms with Crippen LogP contribution in [-0.2, 0) is 10.9 Å². The van der Waals surface area contributed by atoms with E-state index in [4.69, 9.17) is 4.74 Å². The normalized spacial score (nSPS) is 17.8. The fourth-order valence-electron chi connectivity index (χ4n) is 5.10. The van der Waals surface area contributed by atoms with E-state index in [-0.39, 0.29) is 16.7 Å². The van der Waals surface area contributed by atoms with Crippen molar-refractivity contribution in [1.29, 1.82) is 0 Å². The largest absolute Gasteiger partial charge is 0.471 e. The Labute approximate surface area is 206 Å². The van der Waals surface area contributed by atoms with Crippen molar-refractivity contribution in [3.63, 3.8) is 0 Å². The van der Waals surface area contributed by atoms with Crippen LogP contribution in [0.3, 0.4) is 0 Å². The number of halogens is 1. The van der Waals surface area contributed by atoms with Gasteiger partial charge in [-0.1, -0.05) is 67.5 Å². The second-order valence-corrected chi connectivity index (χ2v) is 11.5. The molecule has 0 heterocycles. The highest BCUT2D eigenvalue weighted by Gasteiger charge is 2.37. The molecule has 3 heteroatoms. The van der Waals surface area contributed by atoms with Crippen molar-refractivity contribution in [2.24, 2.45) is 5.92 Å². The van der Waals surface area contributed by atoms with Crippen LogP contribution in [0.15, 0.2) is 93.5 Å². The van der Waals surface area contributed by atoms with Gasteiger partial charge in [-0.05, 0) is 74.9 Å². The van der Waals surface area contributed by atoms with E-state index in [1.165, 1.54) is 41.9 Å². The number of benzene rings is 3. The molecule has 2 aliphatic rings. The second-order valence-electron chi connectivity index (χ2n) is 9.43. The maximum Gasteiger partial charge on any atom is 0.170 e. The molecule has 0 unspecified atom stereocenters. The number of ether oxygens (including phenoxy) is 1. The molecule has 2 aliphatic carbocycles. The van der Waals surface area contributed by atoms with Crippen LogP contribution in [0, 0.1) is 23.6 Å². The molecule has 0 aliphatic heterocycles. The molecule has 3 aromatic rings. The first-order valence-corrected chi connectivity index (χ1v) is 13.8. The first kappa shape index (κ1) is 23.1. The van der Waals surface area contributed by atoms with Crippen molar-refractivity contribution in [3.05, 3.63) is 84.7 Å². The van der Waals surface area contributed by atoms with Crippen LogP contribution in [0.25, 0.3) is 0 Å². The van der Waals surface area contributed by atoms with Gasteiger partial charge >= 0.3 is 0 Å². The standard InChI is InChI=1S/C31H32FOS/c32-29-19-18-28(34(26-14-6-2-7-15-26)27-16-8-3-9-17-27)24-30(29)33-31(21-10-11-22-31)23-20-25-12-4-1-5-13-25/h2-3,6-9,14-19,24-25H,1,4-5,10-13,21-22H2/q+1. The van der Waals surface area contributed by atoms with Gasteiger partial charge in [0, 0.05) is 12.0 Å². The van der Waals surface area contributed by atoms with Crippen molar-refractivity contribution >= 4 is 10.9 Å². The first-order valence-electron chi connectivity index (χ1n) is 12.6. The van der Waals surface area contributed by atoms with Gasteiger partial charge in [0.1, 0.15) is 0 Å². The van der Waals surface area contributed by atoms with E-state index in [9.17, 15) is 0 Å². The summed E-state index contributed by atoms with van der Waals surface area (Å²) < 4.78 is 21.6. The van der Waals surface area contributed by atoms with Crippen molar-refractivity contribution in [2.75, 3.05) is 0 Å². The minimum absolute atomic E-state index is 0.306. The Morgan fingerprint density at radius 2 is 1.35 bits per heavy atom. The smallest absolute Gasteiger partial charge is 0.170 e. The molecule has 0 amide bonds. The molecule has 34 heavy (non-hydrogen) atoms. The fraction of sp³-hybridized carbons (Fsp3) is 0.355. The minimum atomic E-state index is -0.561. The molecule has 0 aromatic heterocycles. The van der Waals surface area contributed by atoms with Crippen molar-refractivity contribution in [3.8, 4) is 17.6 Å². The summed E-state index contributed by atoms with van der Waals surface area (Å²) in [7, 11) is -0.340. The van der Waals surface area contributed by atoms with Crippen molar-refractivity contribution < 1.29 is 9.13 Å². The molecule has 3 aromatic carbocycles. The van der Waals surface area contributed by atoms with Gasteiger partial charge in [-0.2, -0.15) is 0 Å². The minimum Gasteiger partial charge on any atom is -0.471 e. The third-order valence-electron chi connectivity index (χ3n) is 6.92. The van der Waals surface area contributed by atoms with Crippen LogP contribution in [0.1, 0.15) is 57.8 Å². The van der Waals surface area contributed by atoms with Crippen molar-refractivity contribution in [2.45, 2.75) is 78.1 Å². The molecule has 0 spiro atoms. The Kier molecular flexibility index (Phi) is 7.26. The SMILES string of the molecule is Fc1ccc([S+](c2ccccc2)c2ccccc2)cc1OC1(C#CC2CCCCC2)CCCC1. The fourth-order valence-corrected chi connectivity index (χ4v) is 7.20. The second kappa shape index (κ2) is 10.7. The number of rotatable bonds is 5. The predicted molar refractivity (Wildman–Crippen MR) is 138 cm³/mol. The molecule has 0 radical (unpaired) electrons. The topological polar surface area (TPSA) is 9.23 Å². The Balaban J connectivity index is 1.48. The molecular formula is C31H32FOS+. The van der Waals surface area contributed by atoms with E-state index in [1.54, 1.807) is 6.07 Å². The summed E-state index contributed by atoms with van der Waals surface area (Å²) in [4.78, 5) is 3.47. The molecule has 2 saturated carbocycles. The van der Waals surface area contributed by atoms with E-state index < -0.39 is 5.60 Å². The highest BCUT2D eigenvalue weighted by atomic mass is 32.2. The first-order chi connectivity index (χ1) is 16.7. The third kappa shape index (κ3) is 5.34. The summed E-state index contributed by atoms with van der Waals surface area (Å²) in [5.41, 5.74) is -0.561. The van der Waals surface area contributed by atoms with Gasteiger partial charge in [0.15, 0.2) is 31.9 Å². The molecule has 174 valence electrons. The van der Waals surface area contributed by atoms with Gasteiger partial charge in [0.25, 0.3) is 0 Å². The van der Waals surface area contributed by atoms with Gasteiger partial charge in [0.05, 0.1) is 10.9 Å². The quantitative estimate of drug-likeness (QED) is 0.269. The van der Waals surface area contributed by atoms with Crippen LogP contribution >= 0.6 is 0 Å². The van der Waals surface area contributed by atoms with E-state index in [0.29, 0.717) is 11.7 Å². The van der Waals surface area contributed by atoms with Crippen LogP contribution in [0.5, 0.6) is 5.75 Å². The zero-order valence-electron chi connectivity index (χ0n) is 19.6. The van der Waals surface area contributed by atoms with Crippen LogP contribution in [0.4, 0.5) is 4.39 Å². The van der Waals surface area contributed by atoms with E-state index in [0.717, 1.165) is 30.6 Å². The molecule has 0 bridgehead atoms. The highest BCUT2D eigenvalue weighted by Crippen LogP contribution is 2.38. The molecule has 1 nitrogen and oxygen atoms in total. The summed E-state index contributed by atoms with van der Waals surface area (Å²) in [6.07, 6.45) is 10.1. The summed E-state index contributed by atoms with van der Waals surface area (Å²) in [5, 5.41) is 0. The lowest BCUT2D eigenvalue weighted by Crippen LogP contribution is -2.31. The Bertz CT molecular complexity index is 1100. The maximum atomic E-state index is 15.1. The molecule has 0 saturated heterocycles. The van der Waals surface area contributed by atoms with E-state index in [1.807, 2.05) is 24.3 Å². The Hall–Kier alpha value is -2.70. The summed E-state index contributed by atoms with van der Waals surface area (Å²) >= 11 is 0. The Morgan fingerprint density at radius 3 is 1.97 bits per heavy atom. The lowest BCUT2D eigenvalue weighted by Gasteiger charge is -2.26. The molecule has 2 fully saturated rings. The van der Waals surface area contributed by atoms with Gasteiger partial charge in [-0.3, -0.25) is 0 Å². The molecule has 0 atom stereocenters. The average molecular weight is 472 g/mol. The average Bonchev–Trinajstić information content (AvgIpc) is 3.35. The zero-order chi connectivity index (χ0) is 23.2. The Morgan fingerprint density at radius 1 is 0.735 bits per heavy atom. The lowest BCUT2D eigenvalue weighted by atomic mass is 9.89. The van der Waals surface area contributed by atoms with Crippen LogP contribution in [-0.4, -0.2) is 5.60 Å². The van der Waals surface area contributed by atoms with Gasteiger partial charge in [-0.25, -0.2) is 4.39 Å². The van der Waals surface area contributed by atoms with Crippen LogP contribution < -0.4 is 4.74 Å². The molecule has 5 rings (SSSR count).